The van der Waals surface area contributed by atoms with Crippen LogP contribution < -0.4 is 5.32 Å². The molecule has 0 aromatic carbocycles. The highest BCUT2D eigenvalue weighted by Gasteiger charge is 2.27. The summed E-state index contributed by atoms with van der Waals surface area (Å²) in [5.41, 5.74) is 0. The van der Waals surface area contributed by atoms with Gasteiger partial charge in [0.25, 0.3) is 0 Å². The number of hydrogen-bond donors (Lipinski definition) is 1. The fraction of sp³-hybridized carbons (Fsp3) is 0.769. The maximum Gasteiger partial charge on any atom is 0.245 e. The number of aldehydes is 1. The van der Waals surface area contributed by atoms with Crippen molar-refractivity contribution in [1.82, 2.24) is 10.2 Å². The van der Waals surface area contributed by atoms with Crippen molar-refractivity contribution in [2.45, 2.75) is 32.7 Å². The number of carbonyl (C=O) groups is 3. The molecule has 0 aliphatic rings. The molecule has 6 nitrogen and oxygen atoms in total. The summed E-state index contributed by atoms with van der Waals surface area (Å²) in [5, 5.41) is 2.72. The molecule has 2 amide bonds. The first-order chi connectivity index (χ1) is 8.97. The molecule has 0 aliphatic carbocycles. The molecule has 0 fully saturated rings. The lowest BCUT2D eigenvalue weighted by Crippen LogP contribution is -2.51. The van der Waals surface area contributed by atoms with Gasteiger partial charge < -0.3 is 19.7 Å². The molecular weight excluding hydrogens is 248 g/mol. The third-order valence-corrected chi connectivity index (χ3v) is 3.05. The zero-order valence-corrected chi connectivity index (χ0v) is 12.1. The van der Waals surface area contributed by atoms with Crippen molar-refractivity contribution in [2.75, 3.05) is 27.3 Å². The lowest BCUT2D eigenvalue weighted by atomic mass is 9.97. The molecule has 0 unspecified atom stereocenters. The summed E-state index contributed by atoms with van der Waals surface area (Å²) in [6.07, 6.45) is 1.64. The molecule has 0 aromatic heterocycles. The van der Waals surface area contributed by atoms with E-state index in [1.807, 2.05) is 13.8 Å². The van der Waals surface area contributed by atoms with E-state index in [2.05, 4.69) is 5.32 Å². The molecular formula is C13H24N2O4. The number of ether oxygens (including phenoxy) is 1. The molecule has 0 spiro atoms. The molecule has 19 heavy (non-hydrogen) atoms. The van der Waals surface area contributed by atoms with Crippen LogP contribution in [0.4, 0.5) is 0 Å². The molecule has 0 saturated carbocycles. The summed E-state index contributed by atoms with van der Waals surface area (Å²) < 4.78 is 4.82. The number of hydrogen-bond acceptors (Lipinski definition) is 4. The first-order valence-electron chi connectivity index (χ1n) is 6.44. The van der Waals surface area contributed by atoms with Gasteiger partial charge in [0, 0.05) is 20.6 Å². The van der Waals surface area contributed by atoms with Gasteiger partial charge in [-0.15, -0.1) is 0 Å². The average Bonchev–Trinajstić information content (AvgIpc) is 2.41. The van der Waals surface area contributed by atoms with Gasteiger partial charge in [0.15, 0.2) is 0 Å². The highest BCUT2D eigenvalue weighted by atomic mass is 16.5. The highest BCUT2D eigenvalue weighted by molar-refractivity contribution is 5.88. The van der Waals surface area contributed by atoms with E-state index < -0.39 is 6.04 Å². The van der Waals surface area contributed by atoms with Crippen molar-refractivity contribution in [2.24, 2.45) is 5.92 Å². The van der Waals surface area contributed by atoms with Gasteiger partial charge in [-0.3, -0.25) is 9.59 Å². The average molecular weight is 272 g/mol. The number of amides is 2. The van der Waals surface area contributed by atoms with Crippen molar-refractivity contribution >= 4 is 18.1 Å². The van der Waals surface area contributed by atoms with Gasteiger partial charge >= 0.3 is 0 Å². The Labute approximate surface area is 114 Å². The lowest BCUT2D eigenvalue weighted by Gasteiger charge is -2.27. The van der Waals surface area contributed by atoms with Gasteiger partial charge in [0.2, 0.25) is 11.8 Å². The summed E-state index contributed by atoms with van der Waals surface area (Å²) >= 11 is 0. The minimum absolute atomic E-state index is 0.00750. The van der Waals surface area contributed by atoms with Gasteiger partial charge in [-0.1, -0.05) is 20.3 Å². The fourth-order valence-electron chi connectivity index (χ4n) is 1.56. The second-order valence-corrected chi connectivity index (χ2v) is 4.56. The van der Waals surface area contributed by atoms with Crippen LogP contribution in [0.15, 0.2) is 0 Å². The second kappa shape index (κ2) is 9.49. The molecule has 0 radical (unpaired) electrons. The van der Waals surface area contributed by atoms with Crippen LogP contribution in [0.25, 0.3) is 0 Å². The molecule has 0 saturated heterocycles. The first kappa shape index (κ1) is 17.6. The van der Waals surface area contributed by atoms with E-state index >= 15 is 0 Å². The summed E-state index contributed by atoms with van der Waals surface area (Å²) in [4.78, 5) is 35.6. The van der Waals surface area contributed by atoms with Gasteiger partial charge in [-0.05, 0) is 5.92 Å². The van der Waals surface area contributed by atoms with E-state index in [9.17, 15) is 14.4 Å². The summed E-state index contributed by atoms with van der Waals surface area (Å²) in [5.74, 6) is -0.458. The van der Waals surface area contributed by atoms with Crippen LogP contribution in [-0.4, -0.2) is 56.4 Å². The van der Waals surface area contributed by atoms with Gasteiger partial charge in [0.1, 0.15) is 12.3 Å². The Balaban J connectivity index is 4.67. The van der Waals surface area contributed by atoms with Crippen molar-refractivity contribution in [3.05, 3.63) is 0 Å². The van der Waals surface area contributed by atoms with Crippen molar-refractivity contribution in [1.29, 1.82) is 0 Å². The predicted molar refractivity (Wildman–Crippen MR) is 71.6 cm³/mol. The van der Waals surface area contributed by atoms with Crippen LogP contribution in [0.3, 0.4) is 0 Å². The van der Waals surface area contributed by atoms with Crippen LogP contribution in [-0.2, 0) is 19.1 Å². The predicted octanol–water partition coefficient (Wildman–Crippen LogP) is 0.211. The van der Waals surface area contributed by atoms with Crippen molar-refractivity contribution in [3.63, 3.8) is 0 Å². The zero-order chi connectivity index (χ0) is 14.8. The maximum atomic E-state index is 12.2. The summed E-state index contributed by atoms with van der Waals surface area (Å²) in [6.45, 7) is 4.19. The Hall–Kier alpha value is -1.43. The van der Waals surface area contributed by atoms with Gasteiger partial charge in [-0.2, -0.15) is 0 Å². The molecule has 0 aromatic rings. The molecule has 0 aliphatic heterocycles. The monoisotopic (exact) mass is 272 g/mol. The molecule has 110 valence electrons. The number of likely N-dealkylation sites (N-methyl/N-ethyl adjacent to an activating group) is 1. The number of nitrogens with one attached hydrogen (secondary N) is 1. The molecule has 0 rings (SSSR count). The maximum absolute atomic E-state index is 12.2. The number of methoxy groups -OCH3 is 1. The Morgan fingerprint density at radius 3 is 2.53 bits per heavy atom. The van der Waals surface area contributed by atoms with E-state index in [0.717, 1.165) is 6.42 Å². The fourth-order valence-corrected chi connectivity index (χ4v) is 1.56. The Morgan fingerprint density at radius 1 is 1.42 bits per heavy atom. The lowest BCUT2D eigenvalue weighted by molar-refractivity contribution is -0.138. The first-order valence-corrected chi connectivity index (χ1v) is 6.44. The van der Waals surface area contributed by atoms with E-state index in [1.165, 1.54) is 12.0 Å². The number of carbonyl (C=O) groups excluding carboxylic acids is 3. The number of nitrogens with zero attached hydrogens (tertiary/aromatic N) is 1. The van der Waals surface area contributed by atoms with Crippen LogP contribution in [0.2, 0.25) is 0 Å². The minimum Gasteiger partial charge on any atom is -0.384 e. The van der Waals surface area contributed by atoms with Crippen LogP contribution in [0, 0.1) is 5.92 Å². The van der Waals surface area contributed by atoms with E-state index in [1.54, 1.807) is 7.05 Å². The Morgan fingerprint density at radius 2 is 2.05 bits per heavy atom. The third-order valence-electron chi connectivity index (χ3n) is 3.05. The molecule has 0 heterocycles. The van der Waals surface area contributed by atoms with Gasteiger partial charge in [0.05, 0.1) is 13.2 Å². The summed E-state index contributed by atoms with van der Waals surface area (Å²) in [7, 11) is 3.07. The molecule has 6 heteroatoms. The third kappa shape index (κ3) is 6.33. The largest absolute Gasteiger partial charge is 0.384 e. The molecule has 0 bridgehead atoms. The standard InChI is InChI=1S/C13H24N2O4/c1-5-10(2)12(13(18)15(3)7-8-16)14-11(17)6-9-19-4/h8,10,12H,5-7,9H2,1-4H3,(H,14,17)/t10-,12-/m0/s1. The topological polar surface area (TPSA) is 75.7 Å². The van der Waals surface area contributed by atoms with Crippen LogP contribution in [0.1, 0.15) is 26.7 Å². The molecule has 2 atom stereocenters. The Kier molecular flexibility index (Phi) is 8.78. The molecule has 1 N–H and O–H groups in total. The van der Waals surface area contributed by atoms with Crippen molar-refractivity contribution < 1.29 is 19.1 Å². The highest BCUT2D eigenvalue weighted by Crippen LogP contribution is 2.10. The van der Waals surface area contributed by atoms with E-state index in [4.69, 9.17) is 4.74 Å². The second-order valence-electron chi connectivity index (χ2n) is 4.56. The zero-order valence-electron chi connectivity index (χ0n) is 12.1. The van der Waals surface area contributed by atoms with Gasteiger partial charge in [-0.25, -0.2) is 0 Å². The minimum atomic E-state index is -0.598. The normalized spacial score (nSPS) is 13.5. The van der Waals surface area contributed by atoms with Crippen LogP contribution in [0.5, 0.6) is 0 Å². The van der Waals surface area contributed by atoms with Crippen molar-refractivity contribution in [3.8, 4) is 0 Å². The van der Waals surface area contributed by atoms with E-state index in [0.29, 0.717) is 12.9 Å². The Bertz CT molecular complexity index is 307. The van der Waals surface area contributed by atoms with Crippen LogP contribution >= 0.6 is 0 Å². The smallest absolute Gasteiger partial charge is 0.245 e. The SMILES string of the molecule is CC[C@H](C)[C@H](NC(=O)CCOC)C(=O)N(C)CC=O. The summed E-state index contributed by atoms with van der Waals surface area (Å²) in [6, 6.07) is -0.598. The number of rotatable bonds is 9. The van der Waals surface area contributed by atoms with E-state index in [-0.39, 0.29) is 30.7 Å². The quantitative estimate of drug-likeness (QED) is 0.609.